The van der Waals surface area contributed by atoms with Crippen molar-refractivity contribution in [2.45, 2.75) is 19.4 Å². The summed E-state index contributed by atoms with van der Waals surface area (Å²) in [5, 5.41) is 3.34. The average molecular weight is 262 g/mol. The summed E-state index contributed by atoms with van der Waals surface area (Å²) >= 11 is 0. The maximum atomic E-state index is 12.2. The van der Waals surface area contributed by atoms with E-state index < -0.39 is 10.0 Å². The number of hydrogen-bond acceptors (Lipinski definition) is 4. The van der Waals surface area contributed by atoms with E-state index in [4.69, 9.17) is 4.74 Å². The summed E-state index contributed by atoms with van der Waals surface area (Å²) in [7, 11) is -1.50. The zero-order valence-electron chi connectivity index (χ0n) is 10.6. The summed E-state index contributed by atoms with van der Waals surface area (Å²) in [6.45, 7) is 5.14. The summed E-state index contributed by atoms with van der Waals surface area (Å²) in [5.74, 6) is 1.20. The summed E-state index contributed by atoms with van der Waals surface area (Å²) in [6.07, 6.45) is 0.579. The molecule has 2 fully saturated rings. The Morgan fingerprint density at radius 3 is 2.82 bits per heavy atom. The van der Waals surface area contributed by atoms with Gasteiger partial charge in [-0.05, 0) is 38.3 Å². The SMILES string of the molecule is COCCCS(=O)(=O)N1CC2CNCC2C1C. The number of methoxy groups -OCH3 is 1. The smallest absolute Gasteiger partial charge is 0.214 e. The van der Waals surface area contributed by atoms with Crippen LogP contribution in [0, 0.1) is 11.8 Å². The highest BCUT2D eigenvalue weighted by Gasteiger charge is 2.45. The number of ether oxygens (including phenoxy) is 1. The van der Waals surface area contributed by atoms with Gasteiger partial charge < -0.3 is 10.1 Å². The molecule has 100 valence electrons. The molecule has 2 aliphatic heterocycles. The van der Waals surface area contributed by atoms with Crippen LogP contribution in [-0.2, 0) is 14.8 Å². The van der Waals surface area contributed by atoms with Crippen molar-refractivity contribution >= 4 is 10.0 Å². The molecule has 0 aromatic rings. The van der Waals surface area contributed by atoms with Crippen LogP contribution in [0.15, 0.2) is 0 Å². The molecule has 2 aliphatic rings. The Hall–Kier alpha value is -0.170. The summed E-state index contributed by atoms with van der Waals surface area (Å²) in [4.78, 5) is 0. The lowest BCUT2D eigenvalue weighted by Crippen LogP contribution is -2.39. The van der Waals surface area contributed by atoms with E-state index in [1.54, 1.807) is 11.4 Å². The van der Waals surface area contributed by atoms with Gasteiger partial charge in [0.25, 0.3) is 0 Å². The first-order chi connectivity index (χ1) is 8.06. The second-order valence-electron chi connectivity index (χ2n) is 5.05. The van der Waals surface area contributed by atoms with E-state index in [2.05, 4.69) is 5.32 Å². The van der Waals surface area contributed by atoms with Crippen LogP contribution in [-0.4, -0.2) is 57.9 Å². The molecule has 3 unspecified atom stereocenters. The largest absolute Gasteiger partial charge is 0.385 e. The average Bonchev–Trinajstić information content (AvgIpc) is 2.82. The first-order valence-corrected chi connectivity index (χ1v) is 7.86. The minimum absolute atomic E-state index is 0.141. The molecule has 2 rings (SSSR count). The van der Waals surface area contributed by atoms with Gasteiger partial charge in [-0.1, -0.05) is 0 Å². The van der Waals surface area contributed by atoms with Crippen LogP contribution >= 0.6 is 0 Å². The molecule has 2 saturated heterocycles. The van der Waals surface area contributed by atoms with Crippen LogP contribution in [0.4, 0.5) is 0 Å². The van der Waals surface area contributed by atoms with Crippen LogP contribution in [0.25, 0.3) is 0 Å². The highest BCUT2D eigenvalue weighted by Crippen LogP contribution is 2.34. The van der Waals surface area contributed by atoms with Crippen molar-refractivity contribution in [3.8, 4) is 0 Å². The van der Waals surface area contributed by atoms with E-state index in [0.29, 0.717) is 31.4 Å². The third-order valence-corrected chi connectivity index (χ3v) is 5.99. The Labute approximate surface area is 104 Å². The summed E-state index contributed by atoms with van der Waals surface area (Å²) < 4.78 is 31.0. The number of nitrogens with one attached hydrogen (secondary N) is 1. The molecule has 0 amide bonds. The van der Waals surface area contributed by atoms with Gasteiger partial charge in [0.05, 0.1) is 5.75 Å². The molecule has 0 aromatic heterocycles. The molecule has 1 N–H and O–H groups in total. The summed E-state index contributed by atoms with van der Waals surface area (Å²) in [6, 6.07) is 0.141. The molecule has 0 radical (unpaired) electrons. The predicted molar refractivity (Wildman–Crippen MR) is 66.3 cm³/mol. The van der Waals surface area contributed by atoms with Gasteiger partial charge in [0.15, 0.2) is 0 Å². The van der Waals surface area contributed by atoms with Crippen LogP contribution in [0.1, 0.15) is 13.3 Å². The zero-order chi connectivity index (χ0) is 12.5. The van der Waals surface area contributed by atoms with Gasteiger partial charge in [-0.25, -0.2) is 8.42 Å². The number of fused-ring (bicyclic) bond motifs is 1. The van der Waals surface area contributed by atoms with Crippen molar-refractivity contribution in [2.24, 2.45) is 11.8 Å². The second-order valence-corrected chi connectivity index (χ2v) is 7.10. The van der Waals surface area contributed by atoms with E-state index in [9.17, 15) is 8.42 Å². The maximum Gasteiger partial charge on any atom is 0.214 e. The lowest BCUT2D eigenvalue weighted by molar-refractivity contribution is 0.199. The van der Waals surface area contributed by atoms with E-state index in [1.165, 1.54) is 0 Å². The van der Waals surface area contributed by atoms with Gasteiger partial charge in [0, 0.05) is 26.3 Å². The Morgan fingerprint density at radius 2 is 2.18 bits per heavy atom. The lowest BCUT2D eigenvalue weighted by Gasteiger charge is -2.23. The first kappa shape index (κ1) is 13.3. The van der Waals surface area contributed by atoms with Crippen LogP contribution in [0.5, 0.6) is 0 Å². The molecule has 3 atom stereocenters. The van der Waals surface area contributed by atoms with Gasteiger partial charge in [-0.3, -0.25) is 0 Å². The molecule has 6 heteroatoms. The van der Waals surface area contributed by atoms with E-state index in [0.717, 1.165) is 13.1 Å². The second kappa shape index (κ2) is 5.22. The quantitative estimate of drug-likeness (QED) is 0.703. The topological polar surface area (TPSA) is 58.6 Å². The molecule has 0 saturated carbocycles. The number of sulfonamides is 1. The van der Waals surface area contributed by atoms with Crippen molar-refractivity contribution in [3.63, 3.8) is 0 Å². The Balaban J connectivity index is 1.98. The van der Waals surface area contributed by atoms with Gasteiger partial charge in [-0.15, -0.1) is 0 Å². The highest BCUT2D eigenvalue weighted by molar-refractivity contribution is 7.89. The van der Waals surface area contributed by atoms with Crippen molar-refractivity contribution in [1.82, 2.24) is 9.62 Å². The van der Waals surface area contributed by atoms with E-state index in [1.807, 2.05) is 6.92 Å². The maximum absolute atomic E-state index is 12.2. The Bertz CT molecular complexity index is 358. The number of nitrogens with zero attached hydrogens (tertiary/aromatic N) is 1. The minimum atomic E-state index is -3.10. The molecule has 0 aliphatic carbocycles. The van der Waals surface area contributed by atoms with Gasteiger partial charge in [-0.2, -0.15) is 4.31 Å². The van der Waals surface area contributed by atoms with Gasteiger partial charge in [0.1, 0.15) is 0 Å². The van der Waals surface area contributed by atoms with Crippen molar-refractivity contribution in [2.75, 3.05) is 39.1 Å². The molecule has 0 bridgehead atoms. The van der Waals surface area contributed by atoms with Gasteiger partial charge >= 0.3 is 0 Å². The zero-order valence-corrected chi connectivity index (χ0v) is 11.4. The molecule has 0 aromatic carbocycles. The normalized spacial score (nSPS) is 34.1. The third kappa shape index (κ3) is 2.65. The fraction of sp³-hybridized carbons (Fsp3) is 1.00. The number of rotatable bonds is 5. The summed E-state index contributed by atoms with van der Waals surface area (Å²) in [5.41, 5.74) is 0. The molecular weight excluding hydrogens is 240 g/mol. The molecule has 17 heavy (non-hydrogen) atoms. The van der Waals surface area contributed by atoms with Crippen molar-refractivity contribution < 1.29 is 13.2 Å². The fourth-order valence-electron chi connectivity index (χ4n) is 3.00. The Kier molecular flexibility index (Phi) is 4.07. The third-order valence-electron chi connectivity index (χ3n) is 3.99. The predicted octanol–water partition coefficient (Wildman–Crippen LogP) is -0.108. The molecule has 5 nitrogen and oxygen atoms in total. The van der Waals surface area contributed by atoms with E-state index >= 15 is 0 Å². The molecule has 0 spiro atoms. The fourth-order valence-corrected chi connectivity index (χ4v) is 4.80. The standard InChI is InChI=1S/C11H22N2O3S/c1-9-11-7-12-6-10(11)8-13(9)17(14,15)5-3-4-16-2/h9-12H,3-8H2,1-2H3. The van der Waals surface area contributed by atoms with Crippen molar-refractivity contribution in [3.05, 3.63) is 0 Å². The molecule has 2 heterocycles. The number of hydrogen-bond donors (Lipinski definition) is 1. The Morgan fingerprint density at radius 1 is 1.41 bits per heavy atom. The van der Waals surface area contributed by atoms with E-state index in [-0.39, 0.29) is 11.8 Å². The van der Waals surface area contributed by atoms with Gasteiger partial charge in [0.2, 0.25) is 10.0 Å². The van der Waals surface area contributed by atoms with Crippen molar-refractivity contribution in [1.29, 1.82) is 0 Å². The van der Waals surface area contributed by atoms with Crippen LogP contribution in [0.3, 0.4) is 0 Å². The highest BCUT2D eigenvalue weighted by atomic mass is 32.2. The first-order valence-electron chi connectivity index (χ1n) is 6.25. The monoisotopic (exact) mass is 262 g/mol. The van der Waals surface area contributed by atoms with Crippen LogP contribution < -0.4 is 5.32 Å². The lowest BCUT2D eigenvalue weighted by atomic mass is 9.95. The minimum Gasteiger partial charge on any atom is -0.385 e. The van der Waals surface area contributed by atoms with Crippen LogP contribution in [0.2, 0.25) is 0 Å². The molecular formula is C11H22N2O3S.